The van der Waals surface area contributed by atoms with Crippen LogP contribution in [0.15, 0.2) is 72.8 Å². The molecule has 0 spiro atoms. The third kappa shape index (κ3) is 9.56. The van der Waals surface area contributed by atoms with Gasteiger partial charge in [-0.1, -0.05) is 79.9 Å². The number of nitrogens with one attached hydrogen (secondary N) is 1. The second-order valence-electron chi connectivity index (χ2n) is 11.7. The van der Waals surface area contributed by atoms with Crippen LogP contribution in [0.1, 0.15) is 73.5 Å². The fourth-order valence-electron chi connectivity index (χ4n) is 5.53. The monoisotopic (exact) mass is 622 g/mol. The van der Waals surface area contributed by atoms with E-state index in [1.54, 1.807) is 42.5 Å². The van der Waals surface area contributed by atoms with Crippen molar-refractivity contribution in [2.75, 3.05) is 18.8 Å². The summed E-state index contributed by atoms with van der Waals surface area (Å²) in [6, 6.07) is 21.7. The molecule has 10 heteroatoms. The summed E-state index contributed by atoms with van der Waals surface area (Å²) < 4.78 is 33.7. The molecule has 0 aromatic heterocycles. The second-order valence-corrected chi connectivity index (χ2v) is 13.5. The summed E-state index contributed by atoms with van der Waals surface area (Å²) in [6.45, 7) is 3.86. The number of rotatable bonds is 13. The minimum Gasteiger partial charge on any atom is -0.490 e. The number of hydrogen-bond acceptors (Lipinski definition) is 6. The standard InChI is InChI=1S/C34H42N2O7S/c1-24(2)43-32-21-29(17-18-30(32)33(38)35-44(41,42)23-26-9-5-3-6-10-26)27-15-13-25(14-16-27)19-20-36(34(39)40)22-31(37)28-11-7-4-8-12-28/h4,7-8,11-18,21,24,26,31,37H,3,5-6,9-10,19-20,22-23H2,1-2H3,(H,35,38)(H,39,40)/t31-/m0/s1. The molecule has 0 bridgehead atoms. The van der Waals surface area contributed by atoms with Gasteiger partial charge in [0, 0.05) is 6.54 Å². The number of aliphatic hydroxyl groups excluding tert-OH is 1. The molecular weight excluding hydrogens is 580 g/mol. The molecule has 1 atom stereocenters. The summed E-state index contributed by atoms with van der Waals surface area (Å²) in [5.74, 6) is -0.403. The Morgan fingerprint density at radius 2 is 1.61 bits per heavy atom. The summed E-state index contributed by atoms with van der Waals surface area (Å²) in [7, 11) is -3.79. The quantitative estimate of drug-likeness (QED) is 0.212. The van der Waals surface area contributed by atoms with Crippen LogP contribution in [0.2, 0.25) is 0 Å². The largest absolute Gasteiger partial charge is 0.490 e. The molecule has 1 saturated carbocycles. The van der Waals surface area contributed by atoms with E-state index < -0.39 is 28.1 Å². The van der Waals surface area contributed by atoms with Crippen LogP contribution in [0.3, 0.4) is 0 Å². The second kappa shape index (κ2) is 15.2. The third-order valence-corrected chi connectivity index (χ3v) is 9.23. The Morgan fingerprint density at radius 3 is 2.25 bits per heavy atom. The van der Waals surface area contributed by atoms with Crippen molar-refractivity contribution in [1.82, 2.24) is 9.62 Å². The molecule has 4 rings (SSSR count). The first kappa shape index (κ1) is 33.0. The van der Waals surface area contributed by atoms with Gasteiger partial charge in [0.05, 0.1) is 30.1 Å². The van der Waals surface area contributed by atoms with Crippen LogP contribution < -0.4 is 9.46 Å². The van der Waals surface area contributed by atoms with Crippen molar-refractivity contribution in [2.45, 2.75) is 64.6 Å². The number of carbonyl (C=O) groups excluding carboxylic acids is 1. The third-order valence-electron chi connectivity index (χ3n) is 7.82. The average Bonchev–Trinajstić information content (AvgIpc) is 2.99. The van der Waals surface area contributed by atoms with Crippen LogP contribution in [0, 0.1) is 5.92 Å². The Labute approximate surface area is 259 Å². The van der Waals surface area contributed by atoms with E-state index >= 15 is 0 Å². The topological polar surface area (TPSA) is 133 Å². The molecule has 1 aliphatic rings. The van der Waals surface area contributed by atoms with E-state index in [0.29, 0.717) is 17.7 Å². The van der Waals surface area contributed by atoms with Gasteiger partial charge in [0.25, 0.3) is 5.91 Å². The number of nitrogens with zero attached hydrogens (tertiary/aromatic N) is 1. The van der Waals surface area contributed by atoms with Crippen molar-refractivity contribution in [3.05, 3.63) is 89.5 Å². The number of hydrogen-bond donors (Lipinski definition) is 3. The maximum atomic E-state index is 13.1. The number of ether oxygens (including phenoxy) is 1. The first-order chi connectivity index (χ1) is 21.0. The number of carboxylic acid groups (broad SMARTS) is 1. The molecule has 0 unspecified atom stereocenters. The SMILES string of the molecule is CC(C)Oc1cc(-c2ccc(CCN(C[C@H](O)c3ccccc3)C(=O)O)cc2)ccc1C(=O)NS(=O)(=O)CC1CCCCC1. The van der Waals surface area contributed by atoms with Gasteiger partial charge in [0.2, 0.25) is 10.0 Å². The van der Waals surface area contributed by atoms with Crippen LogP contribution in [0.4, 0.5) is 4.79 Å². The highest BCUT2D eigenvalue weighted by molar-refractivity contribution is 7.90. The molecule has 0 radical (unpaired) electrons. The van der Waals surface area contributed by atoms with Gasteiger partial charge in [-0.15, -0.1) is 0 Å². The Kier molecular flexibility index (Phi) is 11.4. The molecule has 3 aromatic carbocycles. The molecule has 0 saturated heterocycles. The lowest BCUT2D eigenvalue weighted by molar-refractivity contribution is 0.0970. The minimum absolute atomic E-state index is 0.0299. The lowest BCUT2D eigenvalue weighted by Gasteiger charge is -2.22. The molecule has 1 aliphatic carbocycles. The van der Waals surface area contributed by atoms with Crippen LogP contribution in [-0.4, -0.2) is 60.5 Å². The van der Waals surface area contributed by atoms with Crippen LogP contribution >= 0.6 is 0 Å². The lowest BCUT2D eigenvalue weighted by atomic mass is 9.91. The number of aliphatic hydroxyl groups is 1. The van der Waals surface area contributed by atoms with Crippen molar-refractivity contribution in [3.8, 4) is 16.9 Å². The fourth-order valence-corrected chi connectivity index (χ4v) is 6.95. The van der Waals surface area contributed by atoms with Crippen LogP contribution in [-0.2, 0) is 16.4 Å². The number of carbonyl (C=O) groups is 2. The van der Waals surface area contributed by atoms with E-state index in [9.17, 15) is 28.2 Å². The van der Waals surface area contributed by atoms with Gasteiger partial charge < -0.3 is 19.8 Å². The molecule has 1 fully saturated rings. The number of amides is 2. The summed E-state index contributed by atoms with van der Waals surface area (Å²) >= 11 is 0. The molecule has 44 heavy (non-hydrogen) atoms. The molecule has 236 valence electrons. The van der Waals surface area contributed by atoms with Gasteiger partial charge >= 0.3 is 6.09 Å². The summed E-state index contributed by atoms with van der Waals surface area (Å²) in [4.78, 5) is 26.1. The van der Waals surface area contributed by atoms with Crippen molar-refractivity contribution < 1.29 is 33.0 Å². The van der Waals surface area contributed by atoms with Gasteiger partial charge in [0.1, 0.15) is 5.75 Å². The van der Waals surface area contributed by atoms with Gasteiger partial charge in [-0.2, -0.15) is 0 Å². The molecule has 3 aromatic rings. The van der Waals surface area contributed by atoms with E-state index in [1.165, 1.54) is 4.90 Å². The van der Waals surface area contributed by atoms with E-state index in [-0.39, 0.29) is 36.4 Å². The van der Waals surface area contributed by atoms with Gasteiger partial charge in [0.15, 0.2) is 0 Å². The first-order valence-corrected chi connectivity index (χ1v) is 16.8. The zero-order valence-electron chi connectivity index (χ0n) is 25.3. The molecule has 2 amide bonds. The lowest BCUT2D eigenvalue weighted by Crippen LogP contribution is -2.35. The summed E-state index contributed by atoms with van der Waals surface area (Å²) in [5, 5.41) is 20.1. The fraction of sp³-hybridized carbons (Fsp3) is 0.412. The average molecular weight is 623 g/mol. The van der Waals surface area contributed by atoms with Gasteiger partial charge in [-0.3, -0.25) is 4.79 Å². The maximum Gasteiger partial charge on any atom is 0.407 e. The zero-order chi connectivity index (χ0) is 31.7. The Bertz CT molecular complexity index is 1500. The summed E-state index contributed by atoms with van der Waals surface area (Å²) in [5.41, 5.74) is 3.37. The Balaban J connectivity index is 1.42. The van der Waals surface area contributed by atoms with E-state index in [1.807, 2.05) is 44.2 Å². The Hall–Kier alpha value is -3.89. The molecule has 3 N–H and O–H groups in total. The van der Waals surface area contributed by atoms with Crippen molar-refractivity contribution in [2.24, 2.45) is 5.92 Å². The van der Waals surface area contributed by atoms with Crippen LogP contribution in [0.25, 0.3) is 11.1 Å². The Morgan fingerprint density at radius 1 is 0.955 bits per heavy atom. The predicted octanol–water partition coefficient (Wildman–Crippen LogP) is 6.04. The smallest absolute Gasteiger partial charge is 0.407 e. The predicted molar refractivity (Wildman–Crippen MR) is 170 cm³/mol. The molecule has 0 aliphatic heterocycles. The van der Waals surface area contributed by atoms with Crippen molar-refractivity contribution in [1.29, 1.82) is 0 Å². The number of sulfonamides is 1. The highest BCUT2D eigenvalue weighted by atomic mass is 32.2. The van der Waals surface area contributed by atoms with E-state index in [0.717, 1.165) is 48.8 Å². The van der Waals surface area contributed by atoms with Crippen molar-refractivity contribution in [3.63, 3.8) is 0 Å². The normalized spacial score (nSPS) is 14.6. The van der Waals surface area contributed by atoms with E-state index in [2.05, 4.69) is 4.72 Å². The van der Waals surface area contributed by atoms with Crippen LogP contribution in [0.5, 0.6) is 5.75 Å². The highest BCUT2D eigenvalue weighted by Gasteiger charge is 2.25. The maximum absolute atomic E-state index is 13.1. The highest BCUT2D eigenvalue weighted by Crippen LogP contribution is 2.30. The minimum atomic E-state index is -3.79. The zero-order valence-corrected chi connectivity index (χ0v) is 26.1. The van der Waals surface area contributed by atoms with Crippen molar-refractivity contribution >= 4 is 22.0 Å². The van der Waals surface area contributed by atoms with Gasteiger partial charge in [-0.25, -0.2) is 17.9 Å². The first-order valence-electron chi connectivity index (χ1n) is 15.2. The molecule has 0 heterocycles. The summed E-state index contributed by atoms with van der Waals surface area (Å²) in [6.07, 6.45) is 3.08. The van der Waals surface area contributed by atoms with Gasteiger partial charge in [-0.05, 0) is 73.4 Å². The molecule has 9 nitrogen and oxygen atoms in total. The van der Waals surface area contributed by atoms with E-state index in [4.69, 9.17) is 4.74 Å². The molecular formula is C34H42N2O7S. The number of benzene rings is 3.